The molecule has 0 unspecified atom stereocenters. The van der Waals surface area contributed by atoms with Gasteiger partial charge < -0.3 is 20.5 Å². The van der Waals surface area contributed by atoms with Gasteiger partial charge in [-0.3, -0.25) is 4.79 Å². The number of methoxy groups -OCH3 is 1. The quantitative estimate of drug-likeness (QED) is 0.447. The smallest absolute Gasteiger partial charge is 0.338 e. The summed E-state index contributed by atoms with van der Waals surface area (Å²) in [6.07, 6.45) is 1.88. The van der Waals surface area contributed by atoms with E-state index < -0.39 is 5.97 Å². The van der Waals surface area contributed by atoms with E-state index in [-0.39, 0.29) is 18.1 Å². The molecule has 0 atom stereocenters. The Morgan fingerprint density at radius 1 is 1.30 bits per heavy atom. The van der Waals surface area contributed by atoms with Crippen molar-refractivity contribution in [3.63, 3.8) is 0 Å². The first kappa shape index (κ1) is 15.8. The van der Waals surface area contributed by atoms with Gasteiger partial charge in [-0.15, -0.1) is 0 Å². The lowest BCUT2D eigenvalue weighted by Crippen LogP contribution is -2.29. The Bertz CT molecular complexity index is 474. The lowest BCUT2D eigenvalue weighted by Gasteiger charge is -2.08. The minimum atomic E-state index is -0.610. The molecule has 0 aliphatic carbocycles. The van der Waals surface area contributed by atoms with Gasteiger partial charge in [0.2, 0.25) is 0 Å². The molecule has 0 aliphatic heterocycles. The highest BCUT2D eigenvalue weighted by atomic mass is 16.5. The minimum Gasteiger partial charge on any atom is -0.497 e. The van der Waals surface area contributed by atoms with E-state index >= 15 is 0 Å². The van der Waals surface area contributed by atoms with Crippen LogP contribution in [0.25, 0.3) is 0 Å². The number of nitrogen functional groups attached to an aromatic ring is 1. The largest absolute Gasteiger partial charge is 0.497 e. The predicted molar refractivity (Wildman–Crippen MR) is 75.6 cm³/mol. The van der Waals surface area contributed by atoms with Gasteiger partial charge in [0.1, 0.15) is 5.75 Å². The summed E-state index contributed by atoms with van der Waals surface area (Å²) in [4.78, 5) is 23.2. The molecule has 0 aliphatic rings. The molecule has 1 aromatic rings. The van der Waals surface area contributed by atoms with Crippen molar-refractivity contribution < 1.29 is 19.1 Å². The number of nitrogens with two attached hydrogens (primary N) is 1. The van der Waals surface area contributed by atoms with Crippen molar-refractivity contribution in [2.24, 2.45) is 0 Å². The number of ether oxygens (including phenoxy) is 2. The molecule has 1 rings (SSSR count). The first-order valence-corrected chi connectivity index (χ1v) is 6.45. The van der Waals surface area contributed by atoms with Gasteiger partial charge in [0, 0.05) is 18.3 Å². The van der Waals surface area contributed by atoms with Crippen LogP contribution in [0, 0.1) is 0 Å². The number of amides is 1. The van der Waals surface area contributed by atoms with Crippen LogP contribution in [0.1, 0.15) is 30.1 Å². The number of unbranched alkanes of at least 4 members (excludes halogenated alkanes) is 1. The second-order valence-corrected chi connectivity index (χ2v) is 4.27. The van der Waals surface area contributed by atoms with Gasteiger partial charge in [-0.05, 0) is 18.6 Å². The molecular weight excluding hydrogens is 260 g/mol. The van der Waals surface area contributed by atoms with Gasteiger partial charge in [-0.25, -0.2) is 4.79 Å². The Balaban J connectivity index is 2.50. The third-order valence-electron chi connectivity index (χ3n) is 2.59. The molecule has 0 fully saturated rings. The molecule has 3 N–H and O–H groups in total. The van der Waals surface area contributed by atoms with Crippen molar-refractivity contribution in [1.29, 1.82) is 0 Å². The molecule has 1 aromatic carbocycles. The van der Waals surface area contributed by atoms with Crippen molar-refractivity contribution in [3.05, 3.63) is 23.8 Å². The molecule has 0 aromatic heterocycles. The molecule has 0 saturated carbocycles. The highest BCUT2D eigenvalue weighted by Crippen LogP contribution is 2.19. The van der Waals surface area contributed by atoms with Crippen LogP contribution in [0.2, 0.25) is 0 Å². The summed E-state index contributed by atoms with van der Waals surface area (Å²) < 4.78 is 9.92. The number of rotatable bonds is 7. The number of hydrogen-bond donors (Lipinski definition) is 2. The Morgan fingerprint density at radius 2 is 2.05 bits per heavy atom. The zero-order chi connectivity index (χ0) is 15.0. The fraction of sp³-hybridized carbons (Fsp3) is 0.429. The summed E-state index contributed by atoms with van der Waals surface area (Å²) >= 11 is 0. The number of benzene rings is 1. The molecule has 6 nitrogen and oxygen atoms in total. The van der Waals surface area contributed by atoms with Gasteiger partial charge in [0.15, 0.2) is 6.61 Å². The molecule has 0 spiro atoms. The Hall–Kier alpha value is -2.24. The Kier molecular flexibility index (Phi) is 6.36. The maximum absolute atomic E-state index is 11.8. The van der Waals surface area contributed by atoms with Crippen LogP contribution in [-0.2, 0) is 9.53 Å². The van der Waals surface area contributed by atoms with E-state index in [2.05, 4.69) is 5.32 Å². The fourth-order valence-electron chi connectivity index (χ4n) is 1.53. The SMILES string of the molecule is CCCCNC(=O)COC(=O)c1cc(N)cc(OC)c1. The standard InChI is InChI=1S/C14H20N2O4/c1-3-4-5-16-13(17)9-20-14(18)10-6-11(15)8-12(7-10)19-2/h6-8H,3-5,9,15H2,1-2H3,(H,16,17). The topological polar surface area (TPSA) is 90.7 Å². The highest BCUT2D eigenvalue weighted by molar-refractivity contribution is 5.92. The van der Waals surface area contributed by atoms with E-state index in [4.69, 9.17) is 15.2 Å². The molecule has 20 heavy (non-hydrogen) atoms. The third-order valence-corrected chi connectivity index (χ3v) is 2.59. The summed E-state index contributed by atoms with van der Waals surface area (Å²) in [5.41, 5.74) is 6.29. The van der Waals surface area contributed by atoms with E-state index in [1.54, 1.807) is 6.07 Å². The molecule has 6 heteroatoms. The molecular formula is C14H20N2O4. The van der Waals surface area contributed by atoms with Crippen LogP contribution in [0.5, 0.6) is 5.75 Å². The fourth-order valence-corrected chi connectivity index (χ4v) is 1.53. The molecule has 110 valence electrons. The number of carbonyl (C=O) groups excluding carboxylic acids is 2. The summed E-state index contributed by atoms with van der Waals surface area (Å²) in [6, 6.07) is 4.57. The average molecular weight is 280 g/mol. The molecule has 0 bridgehead atoms. The van der Waals surface area contributed by atoms with E-state index in [0.29, 0.717) is 18.0 Å². The normalized spacial score (nSPS) is 9.90. The maximum Gasteiger partial charge on any atom is 0.338 e. The van der Waals surface area contributed by atoms with Crippen molar-refractivity contribution in [2.45, 2.75) is 19.8 Å². The van der Waals surface area contributed by atoms with Gasteiger partial charge in [0.05, 0.1) is 12.7 Å². The van der Waals surface area contributed by atoms with E-state index in [9.17, 15) is 9.59 Å². The molecule has 0 radical (unpaired) electrons. The number of nitrogens with one attached hydrogen (secondary N) is 1. The number of hydrogen-bond acceptors (Lipinski definition) is 5. The highest BCUT2D eigenvalue weighted by Gasteiger charge is 2.12. The summed E-state index contributed by atoms with van der Waals surface area (Å²) in [7, 11) is 1.48. The third kappa shape index (κ3) is 5.17. The van der Waals surface area contributed by atoms with Gasteiger partial charge in [-0.1, -0.05) is 13.3 Å². The first-order chi connectivity index (χ1) is 9.56. The van der Waals surface area contributed by atoms with Crippen molar-refractivity contribution >= 4 is 17.6 Å². The lowest BCUT2D eigenvalue weighted by molar-refractivity contribution is -0.124. The number of esters is 1. The zero-order valence-corrected chi connectivity index (χ0v) is 11.8. The van der Waals surface area contributed by atoms with Crippen LogP contribution in [0.4, 0.5) is 5.69 Å². The van der Waals surface area contributed by atoms with Crippen LogP contribution in [-0.4, -0.2) is 32.1 Å². The average Bonchev–Trinajstić information content (AvgIpc) is 2.44. The maximum atomic E-state index is 11.8. The second kappa shape index (κ2) is 8.04. The van der Waals surface area contributed by atoms with E-state index in [1.165, 1.54) is 19.2 Å². The molecule has 1 amide bonds. The predicted octanol–water partition coefficient (Wildman–Crippen LogP) is 1.35. The van der Waals surface area contributed by atoms with Gasteiger partial charge in [0.25, 0.3) is 5.91 Å². The molecule has 0 saturated heterocycles. The van der Waals surface area contributed by atoms with Crippen LogP contribution in [0.15, 0.2) is 18.2 Å². The Morgan fingerprint density at radius 3 is 2.70 bits per heavy atom. The molecule has 0 heterocycles. The minimum absolute atomic E-state index is 0.253. The van der Waals surface area contributed by atoms with Crippen molar-refractivity contribution in [3.8, 4) is 5.75 Å². The monoisotopic (exact) mass is 280 g/mol. The summed E-state index contributed by atoms with van der Waals surface area (Å²) in [5.74, 6) is -0.465. The lowest BCUT2D eigenvalue weighted by atomic mass is 10.2. The number of anilines is 1. The summed E-state index contributed by atoms with van der Waals surface area (Å²) in [6.45, 7) is 2.30. The van der Waals surface area contributed by atoms with E-state index in [0.717, 1.165) is 12.8 Å². The van der Waals surface area contributed by atoms with Crippen molar-refractivity contribution in [2.75, 3.05) is 26.0 Å². The second-order valence-electron chi connectivity index (χ2n) is 4.27. The van der Waals surface area contributed by atoms with E-state index in [1.807, 2.05) is 6.92 Å². The number of carbonyl (C=O) groups is 2. The first-order valence-electron chi connectivity index (χ1n) is 6.45. The summed E-state index contributed by atoms with van der Waals surface area (Å²) in [5, 5.41) is 2.66. The van der Waals surface area contributed by atoms with Gasteiger partial charge in [-0.2, -0.15) is 0 Å². The Labute approximate surface area is 118 Å². The van der Waals surface area contributed by atoms with Crippen LogP contribution in [0.3, 0.4) is 0 Å². The van der Waals surface area contributed by atoms with Crippen LogP contribution < -0.4 is 15.8 Å². The zero-order valence-electron chi connectivity index (χ0n) is 11.8. The van der Waals surface area contributed by atoms with Crippen molar-refractivity contribution in [1.82, 2.24) is 5.32 Å². The van der Waals surface area contributed by atoms with Crippen LogP contribution >= 0.6 is 0 Å². The van der Waals surface area contributed by atoms with Gasteiger partial charge >= 0.3 is 5.97 Å².